The van der Waals surface area contributed by atoms with E-state index in [9.17, 15) is 4.79 Å². The Morgan fingerprint density at radius 1 is 1.41 bits per heavy atom. The second kappa shape index (κ2) is 5.67. The first kappa shape index (κ1) is 14.2. The zero-order valence-electron chi connectivity index (χ0n) is 10.8. The van der Waals surface area contributed by atoms with E-state index in [-0.39, 0.29) is 11.2 Å². The fraction of sp³-hybridized carbons (Fsp3) is 0.500. The molecule has 1 aromatic rings. The first-order chi connectivity index (χ1) is 7.84. The van der Waals surface area contributed by atoms with Crippen molar-refractivity contribution in [2.24, 2.45) is 5.41 Å². The molecule has 0 bridgehead atoms. The molecule has 1 aromatic carbocycles. The molecule has 0 spiro atoms. The first-order valence-corrected chi connectivity index (χ1v) is 6.45. The molecule has 0 N–H and O–H groups in total. The molecule has 0 heterocycles. The van der Waals surface area contributed by atoms with Gasteiger partial charge in [0.1, 0.15) is 11.5 Å². The predicted molar refractivity (Wildman–Crippen MR) is 73.5 cm³/mol. The fourth-order valence-electron chi connectivity index (χ4n) is 2.07. The van der Waals surface area contributed by atoms with E-state index in [2.05, 4.69) is 29.8 Å². The Bertz CT molecular complexity index is 411. The summed E-state index contributed by atoms with van der Waals surface area (Å²) in [4.78, 5) is 11.2. The highest BCUT2D eigenvalue weighted by molar-refractivity contribution is 9.10. The van der Waals surface area contributed by atoms with Crippen LogP contribution in [0.2, 0.25) is 0 Å². The summed E-state index contributed by atoms with van der Waals surface area (Å²) < 4.78 is 6.28. The molecule has 1 rings (SSSR count). The third kappa shape index (κ3) is 4.50. The summed E-state index contributed by atoms with van der Waals surface area (Å²) >= 11 is 3.54. The van der Waals surface area contributed by atoms with Gasteiger partial charge in [-0.1, -0.05) is 29.8 Å². The maximum absolute atomic E-state index is 11.2. The van der Waals surface area contributed by atoms with Crippen LogP contribution < -0.4 is 4.74 Å². The zero-order chi connectivity index (χ0) is 13.1. The van der Waals surface area contributed by atoms with Crippen LogP contribution in [0.15, 0.2) is 22.7 Å². The van der Waals surface area contributed by atoms with E-state index in [4.69, 9.17) is 4.74 Å². The molecular weight excluding hydrogens is 280 g/mol. The van der Waals surface area contributed by atoms with Crippen molar-refractivity contribution < 1.29 is 9.53 Å². The predicted octanol–water partition coefficient (Wildman–Crippen LogP) is 4.01. The number of hydrogen-bond donors (Lipinski definition) is 0. The minimum absolute atomic E-state index is 0.0271. The number of rotatable bonds is 5. The van der Waals surface area contributed by atoms with Crippen LogP contribution in [0.3, 0.4) is 0 Å². The Morgan fingerprint density at radius 2 is 2.06 bits per heavy atom. The van der Waals surface area contributed by atoms with Crippen LogP contribution in [0.1, 0.15) is 32.8 Å². The van der Waals surface area contributed by atoms with E-state index >= 15 is 0 Å². The molecule has 0 aromatic heterocycles. The molecule has 0 saturated heterocycles. The molecule has 2 nitrogen and oxygen atoms in total. The second-order valence-corrected chi connectivity index (χ2v) is 6.03. The number of ether oxygens (including phenoxy) is 1. The maximum Gasteiger partial charge on any atom is 0.130 e. The van der Waals surface area contributed by atoms with E-state index in [0.717, 1.165) is 16.6 Å². The molecule has 0 radical (unpaired) electrons. The van der Waals surface area contributed by atoms with Gasteiger partial charge in [-0.3, -0.25) is 0 Å². The molecular formula is C14H19BrO2. The van der Waals surface area contributed by atoms with Crippen LogP contribution in [-0.2, 0) is 11.2 Å². The molecule has 3 heteroatoms. The Hall–Kier alpha value is -0.830. The van der Waals surface area contributed by atoms with Crippen LogP contribution in [0.25, 0.3) is 0 Å². The summed E-state index contributed by atoms with van der Waals surface area (Å²) in [5.74, 6) is 1.08. The van der Waals surface area contributed by atoms with E-state index in [0.29, 0.717) is 6.42 Å². The van der Waals surface area contributed by atoms with Crippen LogP contribution in [0.5, 0.6) is 5.75 Å². The van der Waals surface area contributed by atoms with E-state index in [1.165, 1.54) is 5.56 Å². The van der Waals surface area contributed by atoms with Gasteiger partial charge in [0, 0.05) is 10.9 Å². The van der Waals surface area contributed by atoms with Crippen molar-refractivity contribution in [1.82, 2.24) is 0 Å². The van der Waals surface area contributed by atoms with Crippen molar-refractivity contribution in [2.45, 2.75) is 33.6 Å². The fourth-order valence-corrected chi connectivity index (χ4v) is 2.45. The van der Waals surface area contributed by atoms with Gasteiger partial charge in [-0.25, -0.2) is 0 Å². The molecule has 0 aliphatic heterocycles. The second-order valence-electron chi connectivity index (χ2n) is 5.18. The van der Waals surface area contributed by atoms with Gasteiger partial charge in [-0.05, 0) is 42.5 Å². The maximum atomic E-state index is 11.2. The number of methoxy groups -OCH3 is 1. The monoisotopic (exact) mass is 298 g/mol. The van der Waals surface area contributed by atoms with Gasteiger partial charge >= 0.3 is 0 Å². The molecule has 94 valence electrons. The van der Waals surface area contributed by atoms with Crippen LogP contribution in [-0.4, -0.2) is 12.9 Å². The highest BCUT2D eigenvalue weighted by atomic mass is 79.9. The van der Waals surface area contributed by atoms with Gasteiger partial charge in [0.15, 0.2) is 0 Å². The molecule has 0 aliphatic rings. The Kier molecular flexibility index (Phi) is 4.75. The van der Waals surface area contributed by atoms with Crippen molar-refractivity contribution in [1.29, 1.82) is 0 Å². The summed E-state index contributed by atoms with van der Waals surface area (Å²) in [5, 5.41) is 0. The molecule has 0 unspecified atom stereocenters. The molecule has 0 saturated carbocycles. The van der Waals surface area contributed by atoms with E-state index in [1.54, 1.807) is 14.0 Å². The number of hydrogen-bond acceptors (Lipinski definition) is 2. The summed E-state index contributed by atoms with van der Waals surface area (Å²) in [6.45, 7) is 5.86. The average Bonchev–Trinajstić information content (AvgIpc) is 2.19. The molecule has 0 amide bonds. The lowest BCUT2D eigenvalue weighted by Gasteiger charge is -2.24. The van der Waals surface area contributed by atoms with E-state index in [1.807, 2.05) is 18.2 Å². The third-order valence-electron chi connectivity index (χ3n) is 2.65. The first-order valence-electron chi connectivity index (χ1n) is 5.66. The standard InChI is InChI=1S/C14H19BrO2/c1-10(16)8-14(2,3)9-11-7-12(17-4)5-6-13(11)15/h5-7H,8-9H2,1-4H3. The molecule has 17 heavy (non-hydrogen) atoms. The summed E-state index contributed by atoms with van der Waals surface area (Å²) in [5.41, 5.74) is 1.15. The largest absolute Gasteiger partial charge is 0.497 e. The van der Waals surface area contributed by atoms with Crippen LogP contribution in [0, 0.1) is 5.41 Å². The zero-order valence-corrected chi connectivity index (χ0v) is 12.4. The molecule has 0 aliphatic carbocycles. The SMILES string of the molecule is COc1ccc(Br)c(CC(C)(C)CC(C)=O)c1. The third-order valence-corrected chi connectivity index (χ3v) is 3.42. The summed E-state index contributed by atoms with van der Waals surface area (Å²) in [6, 6.07) is 5.93. The average molecular weight is 299 g/mol. The topological polar surface area (TPSA) is 26.3 Å². The van der Waals surface area contributed by atoms with Gasteiger partial charge in [0.2, 0.25) is 0 Å². The highest BCUT2D eigenvalue weighted by Gasteiger charge is 2.22. The van der Waals surface area contributed by atoms with Crippen molar-refractivity contribution in [3.05, 3.63) is 28.2 Å². The normalized spacial score (nSPS) is 11.4. The summed E-state index contributed by atoms with van der Waals surface area (Å²) in [6.07, 6.45) is 1.45. The Balaban J connectivity index is 2.89. The quantitative estimate of drug-likeness (QED) is 0.821. The number of halogens is 1. The lowest BCUT2D eigenvalue weighted by Crippen LogP contribution is -2.18. The molecule has 0 atom stereocenters. The van der Waals surface area contributed by atoms with Crippen molar-refractivity contribution >= 4 is 21.7 Å². The lowest BCUT2D eigenvalue weighted by molar-refractivity contribution is -0.118. The summed E-state index contributed by atoms with van der Waals surface area (Å²) in [7, 11) is 1.66. The van der Waals surface area contributed by atoms with Gasteiger partial charge in [-0.15, -0.1) is 0 Å². The minimum atomic E-state index is -0.0271. The van der Waals surface area contributed by atoms with Gasteiger partial charge < -0.3 is 9.53 Å². The van der Waals surface area contributed by atoms with Crippen LogP contribution >= 0.6 is 15.9 Å². The van der Waals surface area contributed by atoms with Crippen molar-refractivity contribution in [3.8, 4) is 5.75 Å². The Labute approximate surface area is 111 Å². The van der Waals surface area contributed by atoms with Crippen molar-refractivity contribution in [2.75, 3.05) is 7.11 Å². The van der Waals surface area contributed by atoms with Gasteiger partial charge in [0.25, 0.3) is 0 Å². The van der Waals surface area contributed by atoms with Crippen molar-refractivity contribution in [3.63, 3.8) is 0 Å². The number of carbonyl (C=O) groups is 1. The van der Waals surface area contributed by atoms with E-state index < -0.39 is 0 Å². The minimum Gasteiger partial charge on any atom is -0.497 e. The number of benzene rings is 1. The highest BCUT2D eigenvalue weighted by Crippen LogP contribution is 2.31. The molecule has 0 fully saturated rings. The smallest absolute Gasteiger partial charge is 0.130 e. The van der Waals surface area contributed by atoms with Gasteiger partial charge in [-0.2, -0.15) is 0 Å². The van der Waals surface area contributed by atoms with Crippen LogP contribution in [0.4, 0.5) is 0 Å². The number of Topliss-reactive ketones (excluding diaryl/α,β-unsaturated/α-hetero) is 1. The lowest BCUT2D eigenvalue weighted by atomic mass is 9.81. The van der Waals surface area contributed by atoms with Gasteiger partial charge in [0.05, 0.1) is 7.11 Å². The Morgan fingerprint density at radius 3 is 2.59 bits per heavy atom. The number of ketones is 1. The number of carbonyl (C=O) groups excluding carboxylic acids is 1.